The minimum Gasteiger partial charge on any atom is -0.380 e. The summed E-state index contributed by atoms with van der Waals surface area (Å²) in [6.45, 7) is 3.28. The molecule has 0 radical (unpaired) electrons. The lowest BCUT2D eigenvalue weighted by Gasteiger charge is -2.21. The Morgan fingerprint density at radius 3 is 3.08 bits per heavy atom. The van der Waals surface area contributed by atoms with E-state index in [2.05, 4.69) is 20.1 Å². The maximum Gasteiger partial charge on any atom is 0.258 e. The molecule has 0 bridgehead atoms. The van der Waals surface area contributed by atoms with Crippen LogP contribution in [-0.4, -0.2) is 49.2 Å². The molecule has 0 unspecified atom stereocenters. The molecule has 0 saturated carbocycles. The van der Waals surface area contributed by atoms with Crippen LogP contribution in [0.4, 0.5) is 0 Å². The van der Waals surface area contributed by atoms with Gasteiger partial charge in [0.05, 0.1) is 17.8 Å². The van der Waals surface area contributed by atoms with E-state index in [1.165, 1.54) is 6.33 Å². The number of hydrogen-bond donors (Lipinski definition) is 1. The molecule has 2 atom stereocenters. The van der Waals surface area contributed by atoms with E-state index >= 15 is 0 Å². The topological polar surface area (TPSA) is 88.4 Å². The molecule has 25 heavy (non-hydrogen) atoms. The molecule has 0 aliphatic carbocycles. The zero-order valence-electron chi connectivity index (χ0n) is 14.2. The van der Waals surface area contributed by atoms with Crippen molar-refractivity contribution in [1.82, 2.24) is 29.5 Å². The standard InChI is InChI=1S/C17H20N6O2/c1-11-4-3-5-23-15(24)6-12(20-17(11)23)8-22-9-13(25-2)7-14(22)16-18-10-19-21-16/h3-6,10,13-14H,7-9H2,1-2H3,(H,18,19,21)/t13-,14+/m1/s1. The second kappa shape index (κ2) is 6.38. The monoisotopic (exact) mass is 340 g/mol. The predicted molar refractivity (Wildman–Crippen MR) is 91.1 cm³/mol. The quantitative estimate of drug-likeness (QED) is 0.765. The van der Waals surface area contributed by atoms with Crippen LogP contribution in [0.25, 0.3) is 5.65 Å². The van der Waals surface area contributed by atoms with E-state index < -0.39 is 0 Å². The number of aromatic nitrogens is 5. The van der Waals surface area contributed by atoms with E-state index in [-0.39, 0.29) is 17.7 Å². The number of rotatable bonds is 4. The molecule has 8 heteroatoms. The molecule has 0 amide bonds. The number of pyridine rings is 1. The lowest BCUT2D eigenvalue weighted by molar-refractivity contribution is 0.107. The van der Waals surface area contributed by atoms with Crippen molar-refractivity contribution in [3.63, 3.8) is 0 Å². The van der Waals surface area contributed by atoms with E-state index in [9.17, 15) is 4.79 Å². The Balaban J connectivity index is 1.67. The fraction of sp³-hybridized carbons (Fsp3) is 0.412. The minimum absolute atomic E-state index is 0.0672. The minimum atomic E-state index is -0.0672. The van der Waals surface area contributed by atoms with Gasteiger partial charge >= 0.3 is 0 Å². The SMILES string of the molecule is CO[C@@H]1C[C@@H](c2ncn[nH]2)N(Cc2cc(=O)n3cccc(C)c3n2)C1. The van der Waals surface area contributed by atoms with Crippen molar-refractivity contribution < 1.29 is 4.74 Å². The summed E-state index contributed by atoms with van der Waals surface area (Å²) < 4.78 is 7.11. The van der Waals surface area contributed by atoms with Gasteiger partial charge in [-0.15, -0.1) is 0 Å². The molecule has 0 spiro atoms. The first-order valence-corrected chi connectivity index (χ1v) is 8.25. The molecule has 1 aliphatic heterocycles. The smallest absolute Gasteiger partial charge is 0.258 e. The number of nitrogens with zero attached hydrogens (tertiary/aromatic N) is 5. The normalized spacial score (nSPS) is 21.2. The lowest BCUT2D eigenvalue weighted by Crippen LogP contribution is -2.27. The first-order valence-electron chi connectivity index (χ1n) is 8.25. The number of ether oxygens (including phenoxy) is 1. The van der Waals surface area contributed by atoms with Crippen molar-refractivity contribution >= 4 is 5.65 Å². The summed E-state index contributed by atoms with van der Waals surface area (Å²) in [4.78, 5) is 23.6. The molecule has 3 aromatic rings. The summed E-state index contributed by atoms with van der Waals surface area (Å²) in [5.74, 6) is 0.813. The van der Waals surface area contributed by atoms with Gasteiger partial charge in [0, 0.05) is 32.5 Å². The second-order valence-corrected chi connectivity index (χ2v) is 6.38. The first-order chi connectivity index (χ1) is 12.2. The first kappa shape index (κ1) is 15.9. The highest BCUT2D eigenvalue weighted by Crippen LogP contribution is 2.32. The highest BCUT2D eigenvalue weighted by molar-refractivity contribution is 5.46. The van der Waals surface area contributed by atoms with Crippen LogP contribution in [0.2, 0.25) is 0 Å². The van der Waals surface area contributed by atoms with Crippen molar-refractivity contribution in [2.75, 3.05) is 13.7 Å². The molecule has 4 rings (SSSR count). The van der Waals surface area contributed by atoms with Gasteiger partial charge in [-0.1, -0.05) is 6.07 Å². The van der Waals surface area contributed by atoms with Crippen LogP contribution < -0.4 is 5.56 Å². The third-order valence-corrected chi connectivity index (χ3v) is 4.75. The number of nitrogens with one attached hydrogen (secondary N) is 1. The molecule has 8 nitrogen and oxygen atoms in total. The molecule has 1 aliphatic rings. The highest BCUT2D eigenvalue weighted by atomic mass is 16.5. The Labute approximate surface area is 144 Å². The average molecular weight is 340 g/mol. The summed E-state index contributed by atoms with van der Waals surface area (Å²) in [6, 6.07) is 5.49. The Hall–Kier alpha value is -2.58. The van der Waals surface area contributed by atoms with Gasteiger partial charge in [-0.3, -0.25) is 19.2 Å². The molecule has 1 saturated heterocycles. The fourth-order valence-corrected chi connectivity index (χ4v) is 3.46. The van der Waals surface area contributed by atoms with E-state index in [1.54, 1.807) is 23.8 Å². The van der Waals surface area contributed by atoms with Crippen molar-refractivity contribution in [3.8, 4) is 0 Å². The Morgan fingerprint density at radius 2 is 2.32 bits per heavy atom. The van der Waals surface area contributed by atoms with Crippen molar-refractivity contribution in [2.45, 2.75) is 32.0 Å². The zero-order valence-corrected chi connectivity index (χ0v) is 14.2. The van der Waals surface area contributed by atoms with Crippen molar-refractivity contribution in [1.29, 1.82) is 0 Å². The number of aromatic amines is 1. The molecule has 1 fully saturated rings. The van der Waals surface area contributed by atoms with Gasteiger partial charge in [0.1, 0.15) is 17.8 Å². The molecule has 3 aromatic heterocycles. The molecular formula is C17H20N6O2. The summed E-state index contributed by atoms with van der Waals surface area (Å²) >= 11 is 0. The van der Waals surface area contributed by atoms with E-state index in [4.69, 9.17) is 9.72 Å². The van der Waals surface area contributed by atoms with Gasteiger partial charge in [0.2, 0.25) is 0 Å². The maximum atomic E-state index is 12.4. The number of aryl methyl sites for hydroxylation is 1. The third-order valence-electron chi connectivity index (χ3n) is 4.75. The Kier molecular flexibility index (Phi) is 4.06. The molecule has 1 N–H and O–H groups in total. The summed E-state index contributed by atoms with van der Waals surface area (Å²) in [5, 5.41) is 6.90. The molecule has 0 aromatic carbocycles. The Bertz CT molecular complexity index is 936. The van der Waals surface area contributed by atoms with Crippen LogP contribution in [0.1, 0.15) is 29.5 Å². The average Bonchev–Trinajstić information content (AvgIpc) is 3.25. The molecule has 4 heterocycles. The van der Waals surface area contributed by atoms with Crippen LogP contribution >= 0.6 is 0 Å². The highest BCUT2D eigenvalue weighted by Gasteiger charge is 2.35. The zero-order chi connectivity index (χ0) is 17.4. The predicted octanol–water partition coefficient (Wildman–Crippen LogP) is 1.08. The van der Waals surface area contributed by atoms with E-state index in [0.29, 0.717) is 12.2 Å². The summed E-state index contributed by atoms with van der Waals surface area (Å²) in [5.41, 5.74) is 2.36. The largest absolute Gasteiger partial charge is 0.380 e. The van der Waals surface area contributed by atoms with Crippen LogP contribution in [0.15, 0.2) is 35.5 Å². The van der Waals surface area contributed by atoms with E-state index in [1.807, 2.05) is 19.1 Å². The fourth-order valence-electron chi connectivity index (χ4n) is 3.46. The Morgan fingerprint density at radius 1 is 1.44 bits per heavy atom. The lowest BCUT2D eigenvalue weighted by atomic mass is 10.2. The van der Waals surface area contributed by atoms with Crippen LogP contribution in [0.5, 0.6) is 0 Å². The molecular weight excluding hydrogens is 320 g/mol. The van der Waals surface area contributed by atoms with Crippen molar-refractivity contribution in [3.05, 3.63) is 58.2 Å². The summed E-state index contributed by atoms with van der Waals surface area (Å²) in [6.07, 6.45) is 4.21. The van der Waals surface area contributed by atoms with Crippen molar-refractivity contribution in [2.24, 2.45) is 0 Å². The second-order valence-electron chi connectivity index (χ2n) is 6.38. The number of likely N-dealkylation sites (tertiary alicyclic amines) is 1. The molecule has 130 valence electrons. The maximum absolute atomic E-state index is 12.4. The number of methoxy groups -OCH3 is 1. The number of fused-ring (bicyclic) bond motifs is 1. The van der Waals surface area contributed by atoms with Gasteiger partial charge in [0.25, 0.3) is 5.56 Å². The van der Waals surface area contributed by atoms with Gasteiger partial charge in [-0.25, -0.2) is 9.97 Å². The number of hydrogen-bond acceptors (Lipinski definition) is 6. The van der Waals surface area contributed by atoms with Crippen LogP contribution in [-0.2, 0) is 11.3 Å². The third kappa shape index (κ3) is 2.94. The van der Waals surface area contributed by atoms with Crippen LogP contribution in [0.3, 0.4) is 0 Å². The van der Waals surface area contributed by atoms with Gasteiger partial charge in [0.15, 0.2) is 0 Å². The van der Waals surface area contributed by atoms with E-state index in [0.717, 1.165) is 30.0 Å². The van der Waals surface area contributed by atoms with Gasteiger partial charge in [-0.2, -0.15) is 5.10 Å². The number of H-pyrrole nitrogens is 1. The van der Waals surface area contributed by atoms with Crippen LogP contribution in [0, 0.1) is 6.92 Å². The van der Waals surface area contributed by atoms with Gasteiger partial charge in [-0.05, 0) is 25.0 Å². The summed E-state index contributed by atoms with van der Waals surface area (Å²) in [7, 11) is 1.72. The van der Waals surface area contributed by atoms with Gasteiger partial charge < -0.3 is 4.74 Å².